The third-order valence-corrected chi connectivity index (χ3v) is 2.20. The zero-order valence-corrected chi connectivity index (χ0v) is 9.15. The van der Waals surface area contributed by atoms with Gasteiger partial charge in [0.1, 0.15) is 5.75 Å². The first-order chi connectivity index (χ1) is 7.74. The Kier molecular flexibility index (Phi) is 3.22. The van der Waals surface area contributed by atoms with Crippen molar-refractivity contribution in [2.75, 3.05) is 5.32 Å². The smallest absolute Gasteiger partial charge is 0.222 e. The average molecular weight is 236 g/mol. The number of hydrogen-bond acceptors (Lipinski definition) is 4. The highest BCUT2D eigenvalue weighted by molar-refractivity contribution is 6.30. The first kappa shape index (κ1) is 10.7. The van der Waals surface area contributed by atoms with E-state index < -0.39 is 0 Å². The van der Waals surface area contributed by atoms with Gasteiger partial charge in [-0.25, -0.2) is 9.97 Å². The predicted molar refractivity (Wildman–Crippen MR) is 62.5 cm³/mol. The number of benzene rings is 1. The molecule has 0 unspecified atom stereocenters. The summed E-state index contributed by atoms with van der Waals surface area (Å²) >= 11 is 5.67. The zero-order valence-electron chi connectivity index (χ0n) is 8.39. The van der Waals surface area contributed by atoms with E-state index in [-0.39, 0.29) is 5.75 Å². The van der Waals surface area contributed by atoms with Gasteiger partial charge in [-0.2, -0.15) is 0 Å². The fourth-order valence-corrected chi connectivity index (χ4v) is 1.30. The minimum atomic E-state index is 0.256. The molecule has 2 N–H and O–H groups in total. The van der Waals surface area contributed by atoms with Crippen molar-refractivity contribution in [2.45, 2.75) is 6.54 Å². The number of phenolic OH excluding ortho intramolecular Hbond substituents is 1. The topological polar surface area (TPSA) is 58.0 Å². The molecule has 0 aliphatic heterocycles. The van der Waals surface area contributed by atoms with Crippen LogP contribution >= 0.6 is 11.6 Å². The Morgan fingerprint density at radius 3 is 2.38 bits per heavy atom. The number of halogens is 1. The number of phenols is 1. The summed E-state index contributed by atoms with van der Waals surface area (Å²) in [6, 6.07) is 6.94. The van der Waals surface area contributed by atoms with Gasteiger partial charge in [0.2, 0.25) is 5.95 Å². The van der Waals surface area contributed by atoms with E-state index in [0.717, 1.165) is 5.56 Å². The molecule has 0 atom stereocenters. The van der Waals surface area contributed by atoms with Crippen LogP contribution < -0.4 is 5.32 Å². The molecule has 0 radical (unpaired) electrons. The first-order valence-electron chi connectivity index (χ1n) is 4.73. The number of rotatable bonds is 3. The fraction of sp³-hybridized carbons (Fsp3) is 0.0909. The third kappa shape index (κ3) is 2.84. The van der Waals surface area contributed by atoms with E-state index in [1.54, 1.807) is 12.1 Å². The summed E-state index contributed by atoms with van der Waals surface area (Å²) in [5, 5.41) is 12.7. The van der Waals surface area contributed by atoms with Crippen LogP contribution in [0.1, 0.15) is 5.56 Å². The molecule has 1 aromatic heterocycles. The Bertz CT molecular complexity index is 410. The van der Waals surface area contributed by atoms with Gasteiger partial charge < -0.3 is 10.4 Å². The van der Waals surface area contributed by atoms with Crippen LogP contribution in [0, 0.1) is 0 Å². The van der Waals surface area contributed by atoms with Crippen LogP contribution in [0.3, 0.4) is 0 Å². The summed E-state index contributed by atoms with van der Waals surface area (Å²) in [6.45, 7) is 0.599. The second-order valence-electron chi connectivity index (χ2n) is 3.24. The van der Waals surface area contributed by atoms with Crippen LogP contribution in [0.5, 0.6) is 5.75 Å². The van der Waals surface area contributed by atoms with E-state index in [0.29, 0.717) is 17.5 Å². The van der Waals surface area contributed by atoms with Gasteiger partial charge in [-0.3, -0.25) is 0 Å². The second-order valence-corrected chi connectivity index (χ2v) is 3.68. The van der Waals surface area contributed by atoms with Gasteiger partial charge >= 0.3 is 0 Å². The van der Waals surface area contributed by atoms with Gasteiger partial charge in [0.05, 0.1) is 17.4 Å². The molecule has 0 bridgehead atoms. The van der Waals surface area contributed by atoms with E-state index in [4.69, 9.17) is 16.7 Å². The molecule has 0 aliphatic rings. The van der Waals surface area contributed by atoms with E-state index in [9.17, 15) is 0 Å². The molecule has 16 heavy (non-hydrogen) atoms. The molecule has 0 fully saturated rings. The van der Waals surface area contributed by atoms with Crippen molar-refractivity contribution in [2.24, 2.45) is 0 Å². The molecule has 1 aromatic carbocycles. The van der Waals surface area contributed by atoms with Crippen molar-refractivity contribution in [3.05, 3.63) is 47.2 Å². The monoisotopic (exact) mass is 235 g/mol. The molecule has 0 spiro atoms. The zero-order chi connectivity index (χ0) is 11.4. The van der Waals surface area contributed by atoms with Crippen molar-refractivity contribution in [3.63, 3.8) is 0 Å². The van der Waals surface area contributed by atoms with Crippen molar-refractivity contribution in [3.8, 4) is 5.75 Å². The predicted octanol–water partition coefficient (Wildman–Crippen LogP) is 2.45. The molecule has 2 aromatic rings. The highest BCUT2D eigenvalue weighted by Gasteiger charge is 1.96. The summed E-state index contributed by atoms with van der Waals surface area (Å²) in [5.74, 6) is 0.781. The molecule has 1 heterocycles. The van der Waals surface area contributed by atoms with Crippen LogP contribution in [-0.4, -0.2) is 15.1 Å². The number of nitrogens with zero attached hydrogens (tertiary/aromatic N) is 2. The lowest BCUT2D eigenvalue weighted by Gasteiger charge is -2.04. The lowest BCUT2D eigenvalue weighted by Crippen LogP contribution is -2.02. The fourth-order valence-electron chi connectivity index (χ4n) is 1.20. The number of aromatic nitrogens is 2. The van der Waals surface area contributed by atoms with Gasteiger partial charge in [0, 0.05) is 6.54 Å². The number of anilines is 1. The van der Waals surface area contributed by atoms with Gasteiger partial charge in [0.15, 0.2) is 0 Å². The quantitative estimate of drug-likeness (QED) is 0.858. The summed E-state index contributed by atoms with van der Waals surface area (Å²) in [5.41, 5.74) is 1.04. The van der Waals surface area contributed by atoms with E-state index in [2.05, 4.69) is 15.3 Å². The Hall–Kier alpha value is -1.81. The van der Waals surface area contributed by atoms with Crippen molar-refractivity contribution >= 4 is 17.5 Å². The molecule has 82 valence electrons. The molecule has 5 heteroatoms. The molecule has 4 nitrogen and oxygen atoms in total. The minimum absolute atomic E-state index is 0.256. The number of nitrogens with one attached hydrogen (secondary N) is 1. The Morgan fingerprint density at radius 2 is 1.75 bits per heavy atom. The molecule has 0 saturated heterocycles. The van der Waals surface area contributed by atoms with Crippen LogP contribution in [0.15, 0.2) is 36.7 Å². The van der Waals surface area contributed by atoms with Crippen molar-refractivity contribution < 1.29 is 5.11 Å². The highest BCUT2D eigenvalue weighted by atomic mass is 35.5. The Labute approximate surface area is 97.9 Å². The lowest BCUT2D eigenvalue weighted by atomic mass is 10.2. The third-order valence-electron chi connectivity index (χ3n) is 2.01. The van der Waals surface area contributed by atoms with E-state index in [1.807, 2.05) is 12.1 Å². The second kappa shape index (κ2) is 4.81. The van der Waals surface area contributed by atoms with Crippen molar-refractivity contribution in [1.29, 1.82) is 0 Å². The normalized spacial score (nSPS) is 10.1. The minimum Gasteiger partial charge on any atom is -0.508 e. The van der Waals surface area contributed by atoms with Crippen LogP contribution in [-0.2, 0) is 6.54 Å². The number of hydrogen-bond donors (Lipinski definition) is 2. The van der Waals surface area contributed by atoms with Crippen molar-refractivity contribution in [1.82, 2.24) is 9.97 Å². The Balaban J connectivity index is 1.97. The molecule has 0 saturated carbocycles. The maximum Gasteiger partial charge on any atom is 0.222 e. The standard InChI is InChI=1S/C11H10ClN3O/c12-9-6-14-11(15-7-9)13-5-8-1-3-10(16)4-2-8/h1-4,6-7,16H,5H2,(H,13,14,15). The number of aromatic hydroxyl groups is 1. The summed E-state index contributed by atoms with van der Waals surface area (Å²) in [4.78, 5) is 8.01. The maximum atomic E-state index is 9.11. The molecular formula is C11H10ClN3O. The maximum absolute atomic E-state index is 9.11. The molecule has 0 amide bonds. The molecule has 0 aliphatic carbocycles. The van der Waals surface area contributed by atoms with Gasteiger partial charge in [-0.1, -0.05) is 23.7 Å². The van der Waals surface area contributed by atoms with E-state index in [1.165, 1.54) is 12.4 Å². The van der Waals surface area contributed by atoms with E-state index >= 15 is 0 Å². The lowest BCUT2D eigenvalue weighted by molar-refractivity contribution is 0.475. The average Bonchev–Trinajstić information content (AvgIpc) is 2.30. The van der Waals surface area contributed by atoms with Gasteiger partial charge in [0.25, 0.3) is 0 Å². The summed E-state index contributed by atoms with van der Waals surface area (Å²) < 4.78 is 0. The summed E-state index contributed by atoms with van der Waals surface area (Å²) in [7, 11) is 0. The highest BCUT2D eigenvalue weighted by Crippen LogP contribution is 2.11. The Morgan fingerprint density at radius 1 is 1.12 bits per heavy atom. The van der Waals surface area contributed by atoms with Crippen LogP contribution in [0.2, 0.25) is 5.02 Å². The molecular weight excluding hydrogens is 226 g/mol. The SMILES string of the molecule is Oc1ccc(CNc2ncc(Cl)cn2)cc1. The largest absolute Gasteiger partial charge is 0.508 e. The molecule has 2 rings (SSSR count). The van der Waals surface area contributed by atoms with Gasteiger partial charge in [-0.15, -0.1) is 0 Å². The van der Waals surface area contributed by atoms with Crippen LogP contribution in [0.25, 0.3) is 0 Å². The first-order valence-corrected chi connectivity index (χ1v) is 5.11. The van der Waals surface area contributed by atoms with Crippen LogP contribution in [0.4, 0.5) is 5.95 Å². The van der Waals surface area contributed by atoms with Gasteiger partial charge in [-0.05, 0) is 17.7 Å². The summed E-state index contributed by atoms with van der Waals surface area (Å²) in [6.07, 6.45) is 3.07.